The van der Waals surface area contributed by atoms with Crippen LogP contribution < -0.4 is 14.2 Å². The second-order valence-corrected chi connectivity index (χ2v) is 5.83. The lowest BCUT2D eigenvalue weighted by Gasteiger charge is -2.16. The number of hydrogen-bond acceptors (Lipinski definition) is 5. The summed E-state index contributed by atoms with van der Waals surface area (Å²) < 4.78 is 16.6. The summed E-state index contributed by atoms with van der Waals surface area (Å²) in [5.41, 5.74) is 0. The van der Waals surface area contributed by atoms with Gasteiger partial charge in [0.25, 0.3) is 0 Å². The summed E-state index contributed by atoms with van der Waals surface area (Å²) in [5, 5.41) is 1.66. The topological polar surface area (TPSA) is 61.8 Å². The van der Waals surface area contributed by atoms with Gasteiger partial charge < -0.3 is 14.2 Å². The van der Waals surface area contributed by atoms with Crippen molar-refractivity contribution in [3.8, 4) is 17.2 Å². The maximum Gasteiger partial charge on any atom is 0.311 e. The van der Waals surface area contributed by atoms with Crippen LogP contribution in [0, 0.1) is 0 Å². The monoisotopic (exact) mass is 364 g/mol. The first-order valence-electron chi connectivity index (χ1n) is 8.30. The lowest BCUT2D eigenvalue weighted by molar-refractivity contribution is -0.135. The normalized spacial score (nSPS) is 10.6. The van der Waals surface area contributed by atoms with Crippen LogP contribution in [-0.2, 0) is 9.59 Å². The number of carbonyl (C=O) groups excluding carboxylic acids is 2. The molecule has 0 atom stereocenters. The van der Waals surface area contributed by atoms with Gasteiger partial charge in [-0.1, -0.05) is 32.4 Å². The number of halogens is 1. The van der Waals surface area contributed by atoms with Crippen molar-refractivity contribution >= 4 is 34.3 Å². The maximum atomic E-state index is 11.8. The summed E-state index contributed by atoms with van der Waals surface area (Å²) in [5.74, 6) is 0.240. The molecule has 0 aromatic heterocycles. The van der Waals surface area contributed by atoms with Gasteiger partial charge in [-0.15, -0.1) is 0 Å². The summed E-state index contributed by atoms with van der Waals surface area (Å²) >= 11 is 6.09. The van der Waals surface area contributed by atoms with Gasteiger partial charge in [-0.05, 0) is 24.6 Å². The van der Waals surface area contributed by atoms with E-state index in [4.69, 9.17) is 25.8 Å². The van der Waals surface area contributed by atoms with Crippen molar-refractivity contribution in [2.45, 2.75) is 40.0 Å². The van der Waals surface area contributed by atoms with Crippen LogP contribution >= 0.6 is 11.6 Å². The van der Waals surface area contributed by atoms with Crippen molar-refractivity contribution < 1.29 is 23.8 Å². The van der Waals surface area contributed by atoms with E-state index in [0.29, 0.717) is 39.7 Å². The molecule has 0 unspecified atom stereocenters. The van der Waals surface area contributed by atoms with Gasteiger partial charge in [0.15, 0.2) is 11.5 Å². The minimum atomic E-state index is -0.379. The Kier molecular flexibility index (Phi) is 6.65. The van der Waals surface area contributed by atoms with Crippen LogP contribution in [0.5, 0.6) is 17.2 Å². The Labute approximate surface area is 151 Å². The van der Waals surface area contributed by atoms with Crippen LogP contribution in [-0.4, -0.2) is 18.5 Å². The summed E-state index contributed by atoms with van der Waals surface area (Å²) in [7, 11) is 0. The van der Waals surface area contributed by atoms with E-state index in [9.17, 15) is 9.59 Å². The fourth-order valence-electron chi connectivity index (χ4n) is 2.20. The average Bonchev–Trinajstić information content (AvgIpc) is 2.61. The SMILES string of the molecule is CCCOc1cc(OC(=O)CC)c2cc(Cl)ccc2c1OC(=O)CC. The van der Waals surface area contributed by atoms with E-state index in [1.807, 2.05) is 6.92 Å². The molecule has 5 nitrogen and oxygen atoms in total. The first-order valence-corrected chi connectivity index (χ1v) is 8.68. The zero-order chi connectivity index (χ0) is 18.4. The predicted octanol–water partition coefficient (Wildman–Crippen LogP) is 4.91. The Hall–Kier alpha value is -2.27. The fourth-order valence-corrected chi connectivity index (χ4v) is 2.38. The van der Waals surface area contributed by atoms with E-state index >= 15 is 0 Å². The van der Waals surface area contributed by atoms with Gasteiger partial charge >= 0.3 is 11.9 Å². The van der Waals surface area contributed by atoms with Crippen LogP contribution in [0.15, 0.2) is 24.3 Å². The second-order valence-electron chi connectivity index (χ2n) is 5.40. The number of esters is 2. The molecule has 2 aromatic carbocycles. The molecule has 0 aliphatic rings. The van der Waals surface area contributed by atoms with Gasteiger partial charge in [-0.3, -0.25) is 9.59 Å². The Morgan fingerprint density at radius 2 is 1.60 bits per heavy atom. The second kappa shape index (κ2) is 8.72. The Morgan fingerprint density at radius 1 is 0.920 bits per heavy atom. The molecule has 0 radical (unpaired) electrons. The van der Waals surface area contributed by atoms with Gasteiger partial charge in [0, 0.05) is 34.7 Å². The molecule has 25 heavy (non-hydrogen) atoms. The largest absolute Gasteiger partial charge is 0.490 e. The van der Waals surface area contributed by atoms with E-state index in [-0.39, 0.29) is 24.8 Å². The summed E-state index contributed by atoms with van der Waals surface area (Å²) in [6.07, 6.45) is 1.25. The van der Waals surface area contributed by atoms with Gasteiger partial charge in [0.2, 0.25) is 0 Å². The standard InChI is InChI=1S/C19H21ClO5/c1-4-9-23-16-11-15(24-17(21)5-2)14-10-12(20)7-8-13(14)19(16)25-18(22)6-3/h7-8,10-11H,4-6,9H2,1-3H3. The first kappa shape index (κ1) is 19.1. The molecule has 6 heteroatoms. The van der Waals surface area contributed by atoms with Crippen molar-refractivity contribution in [3.05, 3.63) is 29.3 Å². The van der Waals surface area contributed by atoms with E-state index in [1.165, 1.54) is 0 Å². The molecule has 0 bridgehead atoms. The molecular formula is C19H21ClO5. The Morgan fingerprint density at radius 3 is 2.24 bits per heavy atom. The number of carbonyl (C=O) groups is 2. The van der Waals surface area contributed by atoms with Crippen LogP contribution in [0.1, 0.15) is 40.0 Å². The van der Waals surface area contributed by atoms with Gasteiger partial charge in [0.1, 0.15) is 5.75 Å². The zero-order valence-electron chi connectivity index (χ0n) is 14.6. The number of hydrogen-bond donors (Lipinski definition) is 0. The highest BCUT2D eigenvalue weighted by Crippen LogP contribution is 2.43. The molecule has 0 saturated heterocycles. The average molecular weight is 365 g/mol. The van der Waals surface area contributed by atoms with Crippen molar-refractivity contribution in [1.29, 1.82) is 0 Å². The van der Waals surface area contributed by atoms with Gasteiger partial charge in [0.05, 0.1) is 6.61 Å². The van der Waals surface area contributed by atoms with Crippen LogP contribution in [0.2, 0.25) is 5.02 Å². The van der Waals surface area contributed by atoms with Crippen molar-refractivity contribution in [2.75, 3.05) is 6.61 Å². The third kappa shape index (κ3) is 4.63. The van der Waals surface area contributed by atoms with Crippen LogP contribution in [0.25, 0.3) is 10.8 Å². The predicted molar refractivity (Wildman–Crippen MR) is 96.6 cm³/mol. The number of fused-ring (bicyclic) bond motifs is 1. The first-order chi connectivity index (χ1) is 12.0. The van der Waals surface area contributed by atoms with E-state index < -0.39 is 0 Å². The molecule has 0 N–H and O–H groups in total. The van der Waals surface area contributed by atoms with E-state index in [1.54, 1.807) is 38.1 Å². The Bertz CT molecular complexity index is 785. The number of ether oxygens (including phenoxy) is 3. The fraction of sp³-hybridized carbons (Fsp3) is 0.368. The molecule has 134 valence electrons. The molecule has 0 saturated carbocycles. The molecule has 0 amide bonds. The summed E-state index contributed by atoms with van der Waals surface area (Å²) in [6.45, 7) is 5.84. The molecule has 0 aliphatic carbocycles. The molecule has 0 fully saturated rings. The van der Waals surface area contributed by atoms with Crippen LogP contribution in [0.3, 0.4) is 0 Å². The molecule has 0 heterocycles. The van der Waals surface area contributed by atoms with E-state index in [2.05, 4.69) is 0 Å². The third-order valence-corrected chi connectivity index (χ3v) is 3.69. The van der Waals surface area contributed by atoms with Gasteiger partial charge in [-0.25, -0.2) is 0 Å². The minimum absolute atomic E-state index is 0.231. The van der Waals surface area contributed by atoms with Crippen molar-refractivity contribution in [2.24, 2.45) is 0 Å². The van der Waals surface area contributed by atoms with Gasteiger partial charge in [-0.2, -0.15) is 0 Å². The van der Waals surface area contributed by atoms with E-state index in [0.717, 1.165) is 6.42 Å². The lowest BCUT2D eigenvalue weighted by Crippen LogP contribution is -2.10. The van der Waals surface area contributed by atoms with Crippen LogP contribution in [0.4, 0.5) is 0 Å². The maximum absolute atomic E-state index is 11.8. The molecular weight excluding hydrogens is 344 g/mol. The third-order valence-electron chi connectivity index (χ3n) is 3.46. The Balaban J connectivity index is 2.67. The molecule has 0 aliphatic heterocycles. The molecule has 2 rings (SSSR count). The highest BCUT2D eigenvalue weighted by Gasteiger charge is 2.19. The zero-order valence-corrected chi connectivity index (χ0v) is 15.3. The molecule has 0 spiro atoms. The van der Waals surface area contributed by atoms with Crippen molar-refractivity contribution in [1.82, 2.24) is 0 Å². The quantitative estimate of drug-likeness (QED) is 0.515. The van der Waals surface area contributed by atoms with Crippen molar-refractivity contribution in [3.63, 3.8) is 0 Å². The summed E-state index contributed by atoms with van der Waals surface area (Å²) in [6, 6.07) is 6.64. The number of rotatable bonds is 7. The number of benzene rings is 2. The summed E-state index contributed by atoms with van der Waals surface area (Å²) in [4.78, 5) is 23.6. The highest BCUT2D eigenvalue weighted by molar-refractivity contribution is 6.31. The minimum Gasteiger partial charge on any atom is -0.490 e. The highest BCUT2D eigenvalue weighted by atomic mass is 35.5. The molecule has 2 aromatic rings. The lowest BCUT2D eigenvalue weighted by atomic mass is 10.1. The smallest absolute Gasteiger partial charge is 0.311 e.